The van der Waals surface area contributed by atoms with Gasteiger partial charge < -0.3 is 24.3 Å². The van der Waals surface area contributed by atoms with Crippen molar-refractivity contribution in [2.45, 2.75) is 40.7 Å². The minimum absolute atomic E-state index is 0.227. The van der Waals surface area contributed by atoms with Crippen molar-refractivity contribution in [3.8, 4) is 23.0 Å². The average molecular weight is 526 g/mol. The van der Waals surface area contributed by atoms with E-state index in [1.54, 1.807) is 39.0 Å². The molecule has 1 atom stereocenters. The SMILES string of the molecule is CCOc1cc(NC(=O)C(N=Nc2cc(Cl)cc(OCC)c2OCC)C(C)=O)cc(OCC)c1Cl. The van der Waals surface area contributed by atoms with Gasteiger partial charge in [0.1, 0.15) is 22.2 Å². The molecule has 0 spiro atoms. The summed E-state index contributed by atoms with van der Waals surface area (Å²) in [5.74, 6) is 0.150. The molecule has 0 heterocycles. The number of azo groups is 1. The minimum atomic E-state index is -1.43. The van der Waals surface area contributed by atoms with Crippen LogP contribution in [-0.4, -0.2) is 44.2 Å². The Kier molecular flexibility index (Phi) is 11.1. The molecule has 0 saturated carbocycles. The Morgan fingerprint density at radius 2 is 1.40 bits per heavy atom. The van der Waals surface area contributed by atoms with Crippen molar-refractivity contribution < 1.29 is 28.5 Å². The standard InChI is InChI=1S/C24H29Cl2N3O6/c1-6-32-18-12-16(13-19(21(18)26)33-7-2)27-24(31)22(14(5)30)29-28-17-10-15(25)11-20(34-8-3)23(17)35-9-4/h10-13,22H,6-9H2,1-5H3,(H,27,31). The molecule has 0 radical (unpaired) electrons. The molecular formula is C24H29Cl2N3O6. The summed E-state index contributed by atoms with van der Waals surface area (Å²) in [7, 11) is 0. The van der Waals surface area contributed by atoms with E-state index in [2.05, 4.69) is 15.5 Å². The predicted octanol–water partition coefficient (Wildman–Crippen LogP) is 6.27. The summed E-state index contributed by atoms with van der Waals surface area (Å²) in [4.78, 5) is 25.2. The highest BCUT2D eigenvalue weighted by atomic mass is 35.5. The van der Waals surface area contributed by atoms with Crippen molar-refractivity contribution in [1.29, 1.82) is 0 Å². The molecule has 1 amide bonds. The zero-order chi connectivity index (χ0) is 26.0. The van der Waals surface area contributed by atoms with Crippen LogP contribution in [0.25, 0.3) is 0 Å². The summed E-state index contributed by atoms with van der Waals surface area (Å²) in [5.41, 5.74) is 0.551. The first-order chi connectivity index (χ1) is 16.7. The molecule has 2 aromatic rings. The van der Waals surface area contributed by atoms with Crippen LogP contribution in [0, 0.1) is 0 Å². The van der Waals surface area contributed by atoms with Crippen LogP contribution in [-0.2, 0) is 9.59 Å². The van der Waals surface area contributed by atoms with Gasteiger partial charge in [-0.25, -0.2) is 0 Å². The summed E-state index contributed by atoms with van der Waals surface area (Å²) >= 11 is 12.5. The van der Waals surface area contributed by atoms with Gasteiger partial charge in [0, 0.05) is 28.9 Å². The number of carbonyl (C=O) groups is 2. The molecule has 1 N–H and O–H groups in total. The number of halogens is 2. The first-order valence-electron chi connectivity index (χ1n) is 11.2. The zero-order valence-corrected chi connectivity index (χ0v) is 21.8. The quantitative estimate of drug-likeness (QED) is 0.244. The number of anilines is 1. The average Bonchev–Trinajstić information content (AvgIpc) is 2.79. The Bertz CT molecular complexity index is 1050. The Labute approximate surface area is 214 Å². The molecule has 2 rings (SSSR count). The number of nitrogens with zero attached hydrogens (tertiary/aromatic N) is 2. The fourth-order valence-corrected chi connectivity index (χ4v) is 3.42. The molecule has 11 heteroatoms. The highest BCUT2D eigenvalue weighted by Crippen LogP contribution is 2.41. The summed E-state index contributed by atoms with van der Waals surface area (Å²) in [6, 6.07) is 4.76. The molecule has 0 aliphatic carbocycles. The normalized spacial score (nSPS) is 11.7. The van der Waals surface area contributed by atoms with Crippen molar-refractivity contribution in [3.05, 3.63) is 34.3 Å². The number of ether oxygens (including phenoxy) is 4. The lowest BCUT2D eigenvalue weighted by Crippen LogP contribution is -2.31. The molecule has 190 valence electrons. The maximum atomic E-state index is 13.0. The third-order valence-corrected chi connectivity index (χ3v) is 4.97. The number of hydrogen-bond acceptors (Lipinski definition) is 8. The van der Waals surface area contributed by atoms with Gasteiger partial charge in [0.05, 0.1) is 26.4 Å². The lowest BCUT2D eigenvalue weighted by atomic mass is 10.2. The highest BCUT2D eigenvalue weighted by Gasteiger charge is 2.25. The first-order valence-corrected chi connectivity index (χ1v) is 11.9. The van der Waals surface area contributed by atoms with Gasteiger partial charge in [-0.05, 0) is 40.7 Å². The number of ketones is 1. The zero-order valence-electron chi connectivity index (χ0n) is 20.3. The molecule has 0 bridgehead atoms. The van der Waals surface area contributed by atoms with Crippen molar-refractivity contribution in [1.82, 2.24) is 0 Å². The van der Waals surface area contributed by atoms with Gasteiger partial charge in [0.15, 0.2) is 17.3 Å². The highest BCUT2D eigenvalue weighted by molar-refractivity contribution is 6.33. The van der Waals surface area contributed by atoms with E-state index >= 15 is 0 Å². The lowest BCUT2D eigenvalue weighted by Gasteiger charge is -2.15. The first kappa shape index (κ1) is 28.2. The van der Waals surface area contributed by atoms with Crippen LogP contribution in [0.5, 0.6) is 23.0 Å². The summed E-state index contributed by atoms with van der Waals surface area (Å²) in [6.45, 7) is 9.90. The van der Waals surface area contributed by atoms with E-state index in [0.29, 0.717) is 60.1 Å². The van der Waals surface area contributed by atoms with Crippen molar-refractivity contribution in [2.24, 2.45) is 10.2 Å². The number of Topliss-reactive ketones (excluding diaryl/α,β-unsaturated/α-hetero) is 1. The lowest BCUT2D eigenvalue weighted by molar-refractivity contribution is -0.126. The van der Waals surface area contributed by atoms with Crippen LogP contribution in [0.4, 0.5) is 11.4 Å². The Hall–Kier alpha value is -3.04. The van der Waals surface area contributed by atoms with Crippen LogP contribution in [0.1, 0.15) is 34.6 Å². The third kappa shape index (κ3) is 7.73. The predicted molar refractivity (Wildman–Crippen MR) is 135 cm³/mol. The number of rotatable bonds is 13. The van der Waals surface area contributed by atoms with Crippen molar-refractivity contribution in [2.75, 3.05) is 31.7 Å². The molecule has 0 aromatic heterocycles. The molecule has 2 aromatic carbocycles. The number of amides is 1. The number of benzene rings is 2. The monoisotopic (exact) mass is 525 g/mol. The molecule has 0 saturated heterocycles. The van der Waals surface area contributed by atoms with E-state index in [1.807, 2.05) is 6.92 Å². The van der Waals surface area contributed by atoms with Gasteiger partial charge in [-0.2, -0.15) is 10.2 Å². The van der Waals surface area contributed by atoms with Gasteiger partial charge >= 0.3 is 0 Å². The van der Waals surface area contributed by atoms with E-state index < -0.39 is 17.7 Å². The van der Waals surface area contributed by atoms with Gasteiger partial charge in [-0.1, -0.05) is 23.2 Å². The van der Waals surface area contributed by atoms with Gasteiger partial charge in [0.25, 0.3) is 5.91 Å². The van der Waals surface area contributed by atoms with Crippen LogP contribution in [0.15, 0.2) is 34.5 Å². The summed E-state index contributed by atoms with van der Waals surface area (Å²) < 4.78 is 22.3. The van der Waals surface area contributed by atoms with Crippen LogP contribution < -0.4 is 24.3 Å². The number of nitrogens with one attached hydrogen (secondary N) is 1. The molecule has 9 nitrogen and oxygen atoms in total. The van der Waals surface area contributed by atoms with E-state index in [4.69, 9.17) is 42.1 Å². The van der Waals surface area contributed by atoms with Crippen LogP contribution in [0.3, 0.4) is 0 Å². The Morgan fingerprint density at radius 1 is 0.857 bits per heavy atom. The molecule has 0 aliphatic heterocycles. The number of hydrogen-bond donors (Lipinski definition) is 1. The maximum absolute atomic E-state index is 13.0. The largest absolute Gasteiger partial charge is 0.492 e. The number of carbonyl (C=O) groups excluding carboxylic acids is 2. The summed E-state index contributed by atoms with van der Waals surface area (Å²) in [6.07, 6.45) is 0. The Balaban J connectivity index is 2.38. The minimum Gasteiger partial charge on any atom is -0.492 e. The van der Waals surface area contributed by atoms with Crippen molar-refractivity contribution in [3.63, 3.8) is 0 Å². The molecular weight excluding hydrogens is 497 g/mol. The second-order valence-electron chi connectivity index (χ2n) is 6.99. The van der Waals surface area contributed by atoms with Crippen LogP contribution >= 0.6 is 23.2 Å². The van der Waals surface area contributed by atoms with E-state index in [-0.39, 0.29) is 10.7 Å². The fourth-order valence-electron chi connectivity index (χ4n) is 3.00. The second kappa shape index (κ2) is 13.7. The van der Waals surface area contributed by atoms with Crippen LogP contribution in [0.2, 0.25) is 10.0 Å². The summed E-state index contributed by atoms with van der Waals surface area (Å²) in [5, 5.41) is 11.4. The van der Waals surface area contributed by atoms with Crippen molar-refractivity contribution >= 4 is 46.3 Å². The van der Waals surface area contributed by atoms with E-state index in [9.17, 15) is 9.59 Å². The molecule has 35 heavy (non-hydrogen) atoms. The van der Waals surface area contributed by atoms with Gasteiger partial charge in [-0.3, -0.25) is 9.59 Å². The van der Waals surface area contributed by atoms with Gasteiger partial charge in [-0.15, -0.1) is 0 Å². The second-order valence-corrected chi connectivity index (χ2v) is 7.80. The fraction of sp³-hybridized carbons (Fsp3) is 0.417. The Morgan fingerprint density at radius 3 is 1.91 bits per heavy atom. The maximum Gasteiger partial charge on any atom is 0.258 e. The molecule has 0 fully saturated rings. The van der Waals surface area contributed by atoms with E-state index in [1.165, 1.54) is 13.0 Å². The van der Waals surface area contributed by atoms with Gasteiger partial charge in [0.2, 0.25) is 6.04 Å². The smallest absolute Gasteiger partial charge is 0.258 e. The molecule has 0 aliphatic rings. The molecule has 1 unspecified atom stereocenters. The topological polar surface area (TPSA) is 108 Å². The van der Waals surface area contributed by atoms with E-state index in [0.717, 1.165) is 0 Å². The third-order valence-electron chi connectivity index (χ3n) is 4.38.